The number of hydrogen-bond donors (Lipinski definition) is 3. The quantitative estimate of drug-likeness (QED) is 0.655. The minimum absolute atomic E-state index is 0.00859. The molecule has 1 aromatic rings. The van der Waals surface area contributed by atoms with Gasteiger partial charge in [-0.05, 0) is 20.8 Å². The van der Waals surface area contributed by atoms with Crippen LogP contribution in [0.2, 0.25) is 0 Å². The Hall–Kier alpha value is -1.61. The number of rotatable bonds is 6. The van der Waals surface area contributed by atoms with Crippen LogP contribution in [0.4, 0.5) is 5.82 Å². The Balaban J connectivity index is 2.70. The molecule has 9 heteroatoms. The van der Waals surface area contributed by atoms with Gasteiger partial charge in [0.2, 0.25) is 15.9 Å². The normalized spacial score (nSPS) is 11.8. The summed E-state index contributed by atoms with van der Waals surface area (Å²) in [6.45, 7) is 5.29. The topological polar surface area (TPSA) is 119 Å². The first-order chi connectivity index (χ1) is 9.15. The van der Waals surface area contributed by atoms with Crippen LogP contribution in [-0.4, -0.2) is 36.7 Å². The van der Waals surface area contributed by atoms with Crippen molar-refractivity contribution < 1.29 is 13.2 Å². The molecule has 0 aromatic carbocycles. The average Bonchev–Trinajstić information content (AvgIpc) is 2.51. The van der Waals surface area contributed by atoms with Gasteiger partial charge in [-0.2, -0.15) is 5.10 Å². The zero-order valence-corrected chi connectivity index (χ0v) is 12.9. The summed E-state index contributed by atoms with van der Waals surface area (Å²) in [6.07, 6.45) is 0.0661. The third kappa shape index (κ3) is 3.94. The first kappa shape index (κ1) is 16.4. The van der Waals surface area contributed by atoms with Gasteiger partial charge in [-0.15, -0.1) is 0 Å². The molecule has 8 nitrogen and oxygen atoms in total. The van der Waals surface area contributed by atoms with Gasteiger partial charge >= 0.3 is 0 Å². The fourth-order valence-corrected chi connectivity index (χ4v) is 3.06. The molecule has 0 aliphatic rings. The third-order valence-corrected chi connectivity index (χ3v) is 4.29. The second-order valence-electron chi connectivity index (χ2n) is 4.79. The summed E-state index contributed by atoms with van der Waals surface area (Å²) >= 11 is 0. The molecular weight excluding hydrogens is 282 g/mol. The van der Waals surface area contributed by atoms with Crippen LogP contribution in [0.5, 0.6) is 0 Å². The van der Waals surface area contributed by atoms with Gasteiger partial charge in [0, 0.05) is 26.1 Å². The van der Waals surface area contributed by atoms with E-state index in [2.05, 4.69) is 15.1 Å². The number of aromatic nitrogens is 2. The highest BCUT2D eigenvalue weighted by molar-refractivity contribution is 7.89. The Kier molecular flexibility index (Phi) is 5.12. The SMILES string of the molecule is Cc1c(S(=O)(=O)NCCC(=O)NC(C)C)c(N)nn1C. The zero-order chi connectivity index (χ0) is 15.5. The minimum Gasteiger partial charge on any atom is -0.381 e. The van der Waals surface area contributed by atoms with E-state index in [1.54, 1.807) is 14.0 Å². The number of nitrogens with zero attached hydrogens (tertiary/aromatic N) is 2. The van der Waals surface area contributed by atoms with E-state index in [-0.39, 0.29) is 35.6 Å². The lowest BCUT2D eigenvalue weighted by Crippen LogP contribution is -2.34. The summed E-state index contributed by atoms with van der Waals surface area (Å²) in [5.74, 6) is -0.261. The Morgan fingerprint density at radius 2 is 2.05 bits per heavy atom. The van der Waals surface area contributed by atoms with Crippen LogP contribution in [0.15, 0.2) is 4.90 Å². The van der Waals surface area contributed by atoms with E-state index in [1.165, 1.54) is 4.68 Å². The highest BCUT2D eigenvalue weighted by Gasteiger charge is 2.24. The molecule has 0 spiro atoms. The smallest absolute Gasteiger partial charge is 0.246 e. The first-order valence-corrected chi connectivity index (χ1v) is 7.71. The van der Waals surface area contributed by atoms with Crippen molar-refractivity contribution in [2.75, 3.05) is 12.3 Å². The van der Waals surface area contributed by atoms with E-state index < -0.39 is 10.0 Å². The summed E-state index contributed by atoms with van der Waals surface area (Å²) in [5.41, 5.74) is 6.04. The van der Waals surface area contributed by atoms with Crippen molar-refractivity contribution >= 4 is 21.7 Å². The van der Waals surface area contributed by atoms with Gasteiger partial charge in [-0.1, -0.05) is 0 Å². The number of nitrogen functional groups attached to an aromatic ring is 1. The summed E-state index contributed by atoms with van der Waals surface area (Å²) in [5, 5.41) is 6.54. The number of aryl methyl sites for hydroxylation is 1. The number of nitrogens with one attached hydrogen (secondary N) is 2. The Labute approximate surface area is 118 Å². The molecular formula is C11H21N5O3S. The maximum absolute atomic E-state index is 12.1. The van der Waals surface area contributed by atoms with Gasteiger partial charge in [0.15, 0.2) is 5.82 Å². The van der Waals surface area contributed by atoms with Crippen molar-refractivity contribution in [1.82, 2.24) is 19.8 Å². The summed E-state index contributed by atoms with van der Waals surface area (Å²) in [4.78, 5) is 11.4. The number of sulfonamides is 1. The maximum Gasteiger partial charge on any atom is 0.246 e. The van der Waals surface area contributed by atoms with E-state index in [0.29, 0.717) is 5.69 Å². The molecule has 1 aromatic heterocycles. The second-order valence-corrected chi connectivity index (χ2v) is 6.50. The third-order valence-electron chi connectivity index (χ3n) is 2.67. The molecule has 0 atom stereocenters. The number of carbonyl (C=O) groups is 1. The Bertz CT molecular complexity index is 591. The molecule has 0 unspecified atom stereocenters. The van der Waals surface area contributed by atoms with Crippen LogP contribution in [-0.2, 0) is 21.9 Å². The van der Waals surface area contributed by atoms with Crippen molar-refractivity contribution in [3.63, 3.8) is 0 Å². The summed E-state index contributed by atoms with van der Waals surface area (Å²) < 4.78 is 28.0. The molecule has 20 heavy (non-hydrogen) atoms. The van der Waals surface area contributed by atoms with Crippen molar-refractivity contribution in [2.24, 2.45) is 7.05 Å². The molecule has 0 fully saturated rings. The van der Waals surface area contributed by atoms with Crippen molar-refractivity contribution in [2.45, 2.75) is 38.1 Å². The van der Waals surface area contributed by atoms with Gasteiger partial charge < -0.3 is 11.1 Å². The molecule has 4 N–H and O–H groups in total. The predicted molar refractivity (Wildman–Crippen MR) is 75.4 cm³/mol. The van der Waals surface area contributed by atoms with Gasteiger partial charge in [-0.25, -0.2) is 13.1 Å². The van der Waals surface area contributed by atoms with Gasteiger partial charge in [-0.3, -0.25) is 9.48 Å². The molecule has 0 aliphatic carbocycles. The summed E-state index contributed by atoms with van der Waals surface area (Å²) in [7, 11) is -2.15. The van der Waals surface area contributed by atoms with Crippen molar-refractivity contribution in [3.05, 3.63) is 5.69 Å². The molecule has 114 valence electrons. The standard InChI is InChI=1S/C11H21N5O3S/c1-7(2)14-9(17)5-6-13-20(18,19)10-8(3)16(4)15-11(10)12/h7,13H,5-6H2,1-4H3,(H2,12,15)(H,14,17). The van der Waals surface area contributed by atoms with E-state index in [4.69, 9.17) is 5.73 Å². The number of nitrogens with two attached hydrogens (primary N) is 1. The number of carbonyl (C=O) groups excluding carboxylic acids is 1. The molecule has 1 amide bonds. The van der Waals surface area contributed by atoms with Gasteiger partial charge in [0.05, 0.1) is 5.69 Å². The Morgan fingerprint density at radius 3 is 2.50 bits per heavy atom. The monoisotopic (exact) mass is 303 g/mol. The molecule has 1 heterocycles. The van der Waals surface area contributed by atoms with Crippen LogP contribution in [0, 0.1) is 6.92 Å². The van der Waals surface area contributed by atoms with E-state index >= 15 is 0 Å². The second kappa shape index (κ2) is 6.23. The average molecular weight is 303 g/mol. The zero-order valence-electron chi connectivity index (χ0n) is 12.1. The lowest BCUT2D eigenvalue weighted by molar-refractivity contribution is -0.121. The highest BCUT2D eigenvalue weighted by Crippen LogP contribution is 2.20. The molecule has 0 saturated carbocycles. The molecule has 1 rings (SSSR count). The lowest BCUT2D eigenvalue weighted by atomic mass is 10.3. The van der Waals surface area contributed by atoms with Gasteiger partial charge in [0.25, 0.3) is 0 Å². The summed E-state index contributed by atoms with van der Waals surface area (Å²) in [6, 6.07) is 0.0234. The fourth-order valence-electron chi connectivity index (χ4n) is 1.71. The van der Waals surface area contributed by atoms with Crippen molar-refractivity contribution in [1.29, 1.82) is 0 Å². The number of anilines is 1. The van der Waals surface area contributed by atoms with Crippen LogP contribution in [0.1, 0.15) is 26.0 Å². The van der Waals surface area contributed by atoms with Crippen LogP contribution < -0.4 is 15.8 Å². The fraction of sp³-hybridized carbons (Fsp3) is 0.636. The number of amides is 1. The van der Waals surface area contributed by atoms with Crippen LogP contribution in [0.25, 0.3) is 0 Å². The largest absolute Gasteiger partial charge is 0.381 e. The minimum atomic E-state index is -3.76. The molecule has 0 bridgehead atoms. The molecule has 0 saturated heterocycles. The van der Waals surface area contributed by atoms with E-state index in [0.717, 1.165) is 0 Å². The molecule has 0 aliphatic heterocycles. The lowest BCUT2D eigenvalue weighted by Gasteiger charge is -2.09. The Morgan fingerprint density at radius 1 is 1.45 bits per heavy atom. The van der Waals surface area contributed by atoms with Crippen molar-refractivity contribution in [3.8, 4) is 0 Å². The first-order valence-electron chi connectivity index (χ1n) is 6.23. The highest BCUT2D eigenvalue weighted by atomic mass is 32.2. The van der Waals surface area contributed by atoms with E-state index in [9.17, 15) is 13.2 Å². The van der Waals surface area contributed by atoms with Crippen LogP contribution in [0.3, 0.4) is 0 Å². The number of hydrogen-bond acceptors (Lipinski definition) is 5. The predicted octanol–water partition coefficient (Wildman–Crippen LogP) is -0.496. The van der Waals surface area contributed by atoms with E-state index in [1.807, 2.05) is 13.8 Å². The maximum atomic E-state index is 12.1. The van der Waals surface area contributed by atoms with Crippen LogP contribution >= 0.6 is 0 Å². The molecule has 0 radical (unpaired) electrons. The van der Waals surface area contributed by atoms with Gasteiger partial charge in [0.1, 0.15) is 4.90 Å².